The number of carbonyl (C=O) groups excluding carboxylic acids is 2. The van der Waals surface area contributed by atoms with Crippen LogP contribution in [-0.2, 0) is 22.7 Å². The second-order valence-electron chi connectivity index (χ2n) is 9.86. The first kappa shape index (κ1) is 26.0. The summed E-state index contributed by atoms with van der Waals surface area (Å²) in [6.07, 6.45) is 5.93. The second-order valence-corrected chi connectivity index (χ2v) is 9.86. The van der Waals surface area contributed by atoms with Crippen LogP contribution >= 0.6 is 0 Å². The highest BCUT2D eigenvalue weighted by Crippen LogP contribution is 2.39. The number of aromatic nitrogens is 2. The quantitative estimate of drug-likeness (QED) is 0.176. The normalized spacial score (nSPS) is 16.6. The van der Waals surface area contributed by atoms with Gasteiger partial charge in [0, 0.05) is 31.0 Å². The molecule has 0 aliphatic carbocycles. The average Bonchev–Trinajstić information content (AvgIpc) is 3.55. The van der Waals surface area contributed by atoms with Gasteiger partial charge in [0.05, 0.1) is 17.9 Å². The number of ketones is 1. The third-order valence-corrected chi connectivity index (χ3v) is 6.92. The Morgan fingerprint density at radius 2 is 1.72 bits per heavy atom. The van der Waals surface area contributed by atoms with Crippen molar-refractivity contribution in [3.63, 3.8) is 0 Å². The summed E-state index contributed by atoms with van der Waals surface area (Å²) in [5.41, 5.74) is 4.62. The Bertz CT molecular complexity index is 1490. The van der Waals surface area contributed by atoms with Gasteiger partial charge in [-0.1, -0.05) is 59.7 Å². The molecule has 0 radical (unpaired) electrons. The van der Waals surface area contributed by atoms with Crippen LogP contribution in [0.15, 0.2) is 97.1 Å². The predicted molar refractivity (Wildman–Crippen MR) is 149 cm³/mol. The Labute approximate surface area is 228 Å². The lowest BCUT2D eigenvalue weighted by Crippen LogP contribution is -2.31. The number of aliphatic hydroxyl groups excluding tert-OH is 1. The van der Waals surface area contributed by atoms with Crippen molar-refractivity contribution >= 4 is 17.4 Å². The lowest BCUT2D eigenvalue weighted by Gasteiger charge is -2.25. The summed E-state index contributed by atoms with van der Waals surface area (Å²) in [5.74, 6) is -0.837. The van der Waals surface area contributed by atoms with Gasteiger partial charge in [-0.05, 0) is 55.7 Å². The summed E-state index contributed by atoms with van der Waals surface area (Å²) >= 11 is 0. The number of rotatable bonds is 9. The summed E-state index contributed by atoms with van der Waals surface area (Å²) in [6, 6.07) is 22.1. The zero-order chi connectivity index (χ0) is 27.4. The summed E-state index contributed by atoms with van der Waals surface area (Å²) < 4.78 is 7.84. The van der Waals surface area contributed by atoms with E-state index in [1.54, 1.807) is 41.7 Å². The predicted octanol–water partition coefficient (Wildman–Crippen LogP) is 5.59. The molecule has 0 saturated carbocycles. The van der Waals surface area contributed by atoms with Gasteiger partial charge in [-0.25, -0.2) is 4.98 Å². The Morgan fingerprint density at radius 3 is 2.41 bits per heavy atom. The standard InChI is InChI=1S/C32H31N3O4/c1-22-7-9-25(10-8-22)29-28(31(37)32(38)35(29)17-4-16-34-18-15-33-21-34)30(36)26-11-13-27(14-12-26)39-20-24-6-3-5-23(2)19-24/h3,5-15,18-19,21,29,36H,4,16-17,20H2,1-2H3/t29-/m0/s1. The number of aliphatic hydroxyl groups is 1. The van der Waals surface area contributed by atoms with E-state index < -0.39 is 17.7 Å². The van der Waals surface area contributed by atoms with Crippen LogP contribution in [0.5, 0.6) is 5.75 Å². The molecule has 0 spiro atoms. The van der Waals surface area contributed by atoms with Crippen molar-refractivity contribution in [1.82, 2.24) is 14.5 Å². The molecule has 1 atom stereocenters. The van der Waals surface area contributed by atoms with Gasteiger partial charge in [0.2, 0.25) is 0 Å². The van der Waals surface area contributed by atoms with Crippen molar-refractivity contribution in [2.75, 3.05) is 6.54 Å². The van der Waals surface area contributed by atoms with E-state index in [-0.39, 0.29) is 11.3 Å². The first-order valence-corrected chi connectivity index (χ1v) is 13.0. The molecule has 198 valence electrons. The van der Waals surface area contributed by atoms with E-state index in [1.165, 1.54) is 0 Å². The number of hydrogen-bond acceptors (Lipinski definition) is 5. The number of ether oxygens (including phenoxy) is 1. The van der Waals surface area contributed by atoms with Crippen LogP contribution in [0.2, 0.25) is 0 Å². The minimum Gasteiger partial charge on any atom is -0.507 e. The number of Topliss-reactive ketones (excluding diaryl/α,β-unsaturated/α-hetero) is 1. The van der Waals surface area contributed by atoms with Crippen LogP contribution in [-0.4, -0.2) is 37.8 Å². The lowest BCUT2D eigenvalue weighted by molar-refractivity contribution is -0.139. The van der Waals surface area contributed by atoms with Crippen LogP contribution in [0, 0.1) is 13.8 Å². The van der Waals surface area contributed by atoms with Gasteiger partial charge in [0.25, 0.3) is 11.7 Å². The number of hydrogen-bond donors (Lipinski definition) is 1. The molecule has 0 bridgehead atoms. The summed E-state index contributed by atoms with van der Waals surface area (Å²) in [7, 11) is 0. The SMILES string of the molecule is Cc1ccc([C@H]2C(=C(O)c3ccc(OCc4cccc(C)c4)cc3)C(=O)C(=O)N2CCCn2ccnc2)cc1. The largest absolute Gasteiger partial charge is 0.507 e. The van der Waals surface area contributed by atoms with Gasteiger partial charge >= 0.3 is 0 Å². The minimum absolute atomic E-state index is 0.0971. The minimum atomic E-state index is -0.680. The highest BCUT2D eigenvalue weighted by molar-refractivity contribution is 6.46. The molecule has 4 aromatic rings. The molecular formula is C32H31N3O4. The van der Waals surface area contributed by atoms with E-state index in [0.29, 0.717) is 37.4 Å². The molecule has 1 N–H and O–H groups in total. The van der Waals surface area contributed by atoms with Crippen molar-refractivity contribution in [1.29, 1.82) is 0 Å². The van der Waals surface area contributed by atoms with Crippen molar-refractivity contribution in [2.45, 2.75) is 39.5 Å². The Balaban J connectivity index is 1.41. The lowest BCUT2D eigenvalue weighted by atomic mass is 9.94. The van der Waals surface area contributed by atoms with E-state index in [1.807, 2.05) is 67.1 Å². The molecule has 39 heavy (non-hydrogen) atoms. The van der Waals surface area contributed by atoms with Gasteiger partial charge in [0.1, 0.15) is 18.1 Å². The highest BCUT2D eigenvalue weighted by atomic mass is 16.5. The molecule has 5 rings (SSSR count). The summed E-state index contributed by atoms with van der Waals surface area (Å²) in [5, 5.41) is 11.3. The molecule has 1 saturated heterocycles. The number of imidazole rings is 1. The fraction of sp³-hybridized carbons (Fsp3) is 0.219. The van der Waals surface area contributed by atoms with Gasteiger partial charge in [-0.3, -0.25) is 9.59 Å². The molecule has 1 fully saturated rings. The van der Waals surface area contributed by atoms with Crippen molar-refractivity contribution in [2.24, 2.45) is 0 Å². The van der Waals surface area contributed by atoms with E-state index in [9.17, 15) is 14.7 Å². The average molecular weight is 522 g/mol. The number of nitrogens with zero attached hydrogens (tertiary/aromatic N) is 3. The van der Waals surface area contributed by atoms with E-state index in [4.69, 9.17) is 4.74 Å². The topological polar surface area (TPSA) is 84.7 Å². The molecule has 1 aromatic heterocycles. The monoisotopic (exact) mass is 521 g/mol. The third-order valence-electron chi connectivity index (χ3n) is 6.92. The highest BCUT2D eigenvalue weighted by Gasteiger charge is 2.45. The number of amides is 1. The van der Waals surface area contributed by atoms with E-state index in [0.717, 1.165) is 22.3 Å². The molecule has 7 heteroatoms. The van der Waals surface area contributed by atoms with E-state index >= 15 is 0 Å². The Morgan fingerprint density at radius 1 is 0.949 bits per heavy atom. The molecule has 3 aromatic carbocycles. The number of benzene rings is 3. The fourth-order valence-corrected chi connectivity index (χ4v) is 4.88. The number of carbonyl (C=O) groups is 2. The molecule has 2 heterocycles. The summed E-state index contributed by atoms with van der Waals surface area (Å²) in [6.45, 7) is 5.46. The van der Waals surface area contributed by atoms with E-state index in [2.05, 4.69) is 11.1 Å². The first-order chi connectivity index (χ1) is 18.9. The Kier molecular flexibility index (Phi) is 7.59. The zero-order valence-electron chi connectivity index (χ0n) is 22.1. The fourth-order valence-electron chi connectivity index (χ4n) is 4.88. The van der Waals surface area contributed by atoms with Crippen LogP contribution in [0.25, 0.3) is 5.76 Å². The second kappa shape index (κ2) is 11.4. The molecule has 1 aliphatic heterocycles. The first-order valence-electron chi connectivity index (χ1n) is 13.0. The van der Waals surface area contributed by atoms with Crippen LogP contribution in [0.3, 0.4) is 0 Å². The number of likely N-dealkylation sites (tertiary alicyclic amines) is 1. The summed E-state index contributed by atoms with van der Waals surface area (Å²) in [4.78, 5) is 32.1. The molecular weight excluding hydrogens is 490 g/mol. The van der Waals surface area contributed by atoms with Gasteiger partial charge in [0.15, 0.2) is 0 Å². The van der Waals surface area contributed by atoms with Gasteiger partial charge < -0.3 is 19.3 Å². The number of aryl methyl sites for hydroxylation is 3. The maximum atomic E-state index is 13.3. The van der Waals surface area contributed by atoms with Crippen LogP contribution in [0.4, 0.5) is 0 Å². The molecule has 1 aliphatic rings. The van der Waals surface area contributed by atoms with Crippen molar-refractivity contribution in [3.05, 3.63) is 125 Å². The smallest absolute Gasteiger partial charge is 0.295 e. The molecule has 7 nitrogen and oxygen atoms in total. The van der Waals surface area contributed by atoms with Gasteiger partial charge in [-0.2, -0.15) is 0 Å². The molecule has 0 unspecified atom stereocenters. The van der Waals surface area contributed by atoms with Crippen molar-refractivity contribution < 1.29 is 19.4 Å². The zero-order valence-corrected chi connectivity index (χ0v) is 22.1. The third kappa shape index (κ3) is 5.77. The molecule has 1 amide bonds. The maximum Gasteiger partial charge on any atom is 0.295 e. The van der Waals surface area contributed by atoms with Crippen LogP contribution < -0.4 is 4.74 Å². The Hall–Kier alpha value is -4.65. The van der Waals surface area contributed by atoms with Crippen molar-refractivity contribution in [3.8, 4) is 5.75 Å². The maximum absolute atomic E-state index is 13.3. The van der Waals surface area contributed by atoms with Gasteiger partial charge in [-0.15, -0.1) is 0 Å². The van der Waals surface area contributed by atoms with Crippen LogP contribution in [0.1, 0.15) is 40.3 Å².